The minimum atomic E-state index is -4.12. The third kappa shape index (κ3) is 2.90. The summed E-state index contributed by atoms with van der Waals surface area (Å²) in [5.74, 6) is -0.713. The van der Waals surface area contributed by atoms with Gasteiger partial charge in [0.25, 0.3) is 0 Å². The Bertz CT molecular complexity index is 415. The van der Waals surface area contributed by atoms with Crippen molar-refractivity contribution in [2.24, 2.45) is 5.29 Å². The van der Waals surface area contributed by atoms with Crippen LogP contribution in [0.2, 0.25) is 0 Å². The fourth-order valence-corrected chi connectivity index (χ4v) is 3.56. The average molecular weight is 300 g/mol. The van der Waals surface area contributed by atoms with E-state index in [9.17, 15) is 18.1 Å². The lowest BCUT2D eigenvalue weighted by Crippen LogP contribution is -2.47. The molecule has 1 fully saturated rings. The highest BCUT2D eigenvalue weighted by atomic mass is 35.5. The summed E-state index contributed by atoms with van der Waals surface area (Å²) in [6.07, 6.45) is 0.881. The van der Waals surface area contributed by atoms with Crippen LogP contribution in [-0.2, 0) is 19.7 Å². The van der Waals surface area contributed by atoms with Gasteiger partial charge in [0.2, 0.25) is 0 Å². The van der Waals surface area contributed by atoms with E-state index < -0.39 is 22.2 Å². The van der Waals surface area contributed by atoms with Gasteiger partial charge in [-0.2, -0.15) is 12.7 Å². The summed E-state index contributed by atoms with van der Waals surface area (Å²) in [5, 5.41) is 2.43. The van der Waals surface area contributed by atoms with Crippen LogP contribution in [-0.4, -0.2) is 55.2 Å². The Labute approximate surface area is 110 Å². The Morgan fingerprint density at radius 3 is 2.78 bits per heavy atom. The zero-order valence-electron chi connectivity index (χ0n) is 9.78. The quantitative estimate of drug-likeness (QED) is 0.300. The lowest BCUT2D eigenvalue weighted by molar-refractivity contribution is -0.144. The van der Waals surface area contributed by atoms with Gasteiger partial charge < -0.3 is 4.74 Å². The number of hydrogen-bond acceptors (Lipinski definition) is 6. The number of halogens is 1. The predicted octanol–water partition coefficient (Wildman–Crippen LogP) is 0.0908. The van der Waals surface area contributed by atoms with Crippen molar-refractivity contribution in [3.05, 3.63) is 4.91 Å². The normalized spacial score (nSPS) is 20.7. The van der Waals surface area contributed by atoms with E-state index >= 15 is 0 Å². The Morgan fingerprint density at radius 2 is 2.28 bits per heavy atom. The molecule has 0 spiro atoms. The first-order chi connectivity index (χ1) is 8.48. The van der Waals surface area contributed by atoms with Crippen LogP contribution in [0.15, 0.2) is 5.29 Å². The lowest BCUT2D eigenvalue weighted by Gasteiger charge is -2.25. The van der Waals surface area contributed by atoms with Crippen LogP contribution in [0.25, 0.3) is 0 Å². The SMILES string of the molecule is COC(=O)[C@@H]1CCCN1S(=O)(=O)N(CCCl)N=O. The summed E-state index contributed by atoms with van der Waals surface area (Å²) >= 11 is 5.40. The predicted molar refractivity (Wildman–Crippen MR) is 63.9 cm³/mol. The summed E-state index contributed by atoms with van der Waals surface area (Å²) < 4.78 is 30.0. The van der Waals surface area contributed by atoms with E-state index in [2.05, 4.69) is 10.0 Å². The summed E-state index contributed by atoms with van der Waals surface area (Å²) in [6.45, 7) is -0.0891. The summed E-state index contributed by atoms with van der Waals surface area (Å²) in [6, 6.07) is -0.903. The zero-order chi connectivity index (χ0) is 13.8. The van der Waals surface area contributed by atoms with Crippen LogP contribution >= 0.6 is 11.6 Å². The molecular weight excluding hydrogens is 286 g/mol. The highest BCUT2D eigenvalue weighted by molar-refractivity contribution is 7.86. The molecule has 8 nitrogen and oxygen atoms in total. The Morgan fingerprint density at radius 1 is 1.61 bits per heavy atom. The largest absolute Gasteiger partial charge is 0.468 e. The number of rotatable bonds is 6. The number of nitroso groups, excluding NO2 is 1. The number of hydrogen-bond donors (Lipinski definition) is 0. The standard InChI is InChI=1S/C8H14ClN3O5S/c1-17-8(13)7-3-2-5-11(7)18(15,16)12(10-14)6-4-9/h7H,2-6H2,1H3/t7-/m0/s1. The number of carbonyl (C=O) groups is 1. The van der Waals surface area contributed by atoms with E-state index in [-0.39, 0.29) is 19.0 Å². The summed E-state index contributed by atoms with van der Waals surface area (Å²) in [5.41, 5.74) is 0. The number of ether oxygens (including phenoxy) is 1. The van der Waals surface area contributed by atoms with Gasteiger partial charge in [-0.25, -0.2) is 0 Å². The maximum atomic E-state index is 12.1. The smallest absolute Gasteiger partial charge is 0.324 e. The Hall–Kier alpha value is -0.930. The van der Waals surface area contributed by atoms with Crippen molar-refractivity contribution in [3.8, 4) is 0 Å². The third-order valence-electron chi connectivity index (χ3n) is 2.61. The number of carbonyl (C=O) groups excluding carboxylic acids is 1. The van der Waals surface area contributed by atoms with Gasteiger partial charge in [-0.1, -0.05) is 0 Å². The zero-order valence-corrected chi connectivity index (χ0v) is 11.4. The molecule has 104 valence electrons. The molecule has 1 aliphatic rings. The topological polar surface area (TPSA) is 96.3 Å². The van der Waals surface area contributed by atoms with E-state index in [0.29, 0.717) is 17.3 Å². The molecule has 0 bridgehead atoms. The monoisotopic (exact) mass is 299 g/mol. The van der Waals surface area contributed by atoms with Gasteiger partial charge in [-0.05, 0) is 12.8 Å². The Kier molecular flexibility index (Phi) is 5.29. The second-order valence-corrected chi connectivity index (χ2v) is 5.78. The third-order valence-corrected chi connectivity index (χ3v) is 4.59. The van der Waals surface area contributed by atoms with E-state index in [1.54, 1.807) is 0 Å². The first-order valence-electron chi connectivity index (χ1n) is 5.25. The van der Waals surface area contributed by atoms with E-state index in [1.165, 1.54) is 7.11 Å². The van der Waals surface area contributed by atoms with Crippen LogP contribution in [0.1, 0.15) is 12.8 Å². The molecule has 0 aromatic carbocycles. The highest BCUT2D eigenvalue weighted by Gasteiger charge is 2.42. The molecule has 0 saturated carbocycles. The van der Waals surface area contributed by atoms with E-state index in [4.69, 9.17) is 11.6 Å². The van der Waals surface area contributed by atoms with Crippen LogP contribution in [0.4, 0.5) is 0 Å². The molecule has 10 heteroatoms. The molecule has 1 saturated heterocycles. The molecule has 18 heavy (non-hydrogen) atoms. The van der Waals surface area contributed by atoms with Gasteiger partial charge in [0.15, 0.2) is 0 Å². The van der Waals surface area contributed by atoms with Crippen LogP contribution < -0.4 is 0 Å². The van der Waals surface area contributed by atoms with Crippen molar-refractivity contribution in [3.63, 3.8) is 0 Å². The average Bonchev–Trinajstić information content (AvgIpc) is 2.84. The molecule has 0 aromatic heterocycles. The molecule has 0 unspecified atom stereocenters. The summed E-state index contributed by atoms with van der Waals surface area (Å²) in [7, 11) is -2.93. The summed E-state index contributed by atoms with van der Waals surface area (Å²) in [4.78, 5) is 22.0. The fourth-order valence-electron chi connectivity index (χ4n) is 1.78. The number of alkyl halides is 1. The maximum absolute atomic E-state index is 12.1. The molecule has 0 aromatic rings. The number of esters is 1. The first kappa shape index (κ1) is 15.1. The van der Waals surface area contributed by atoms with Crippen molar-refractivity contribution in [1.82, 2.24) is 8.72 Å². The second-order valence-electron chi connectivity index (χ2n) is 3.62. The van der Waals surface area contributed by atoms with Crippen molar-refractivity contribution >= 4 is 27.8 Å². The number of methoxy groups -OCH3 is 1. The molecule has 1 heterocycles. The molecule has 0 amide bonds. The van der Waals surface area contributed by atoms with Crippen molar-refractivity contribution < 1.29 is 17.9 Å². The molecule has 1 rings (SSSR count). The number of nitrogens with zero attached hydrogens (tertiary/aromatic N) is 3. The molecule has 0 radical (unpaired) electrons. The molecule has 1 aliphatic heterocycles. The van der Waals surface area contributed by atoms with Crippen molar-refractivity contribution in [1.29, 1.82) is 0 Å². The van der Waals surface area contributed by atoms with E-state index in [1.807, 2.05) is 0 Å². The minimum absolute atomic E-state index is 0.0678. The first-order valence-corrected chi connectivity index (χ1v) is 7.18. The van der Waals surface area contributed by atoms with Gasteiger partial charge in [0.05, 0.1) is 18.9 Å². The lowest BCUT2D eigenvalue weighted by atomic mass is 10.2. The van der Waals surface area contributed by atoms with E-state index in [0.717, 1.165) is 4.31 Å². The fraction of sp³-hybridized carbons (Fsp3) is 0.875. The molecule has 0 aliphatic carbocycles. The molecule has 1 atom stereocenters. The van der Waals surface area contributed by atoms with Gasteiger partial charge in [-0.15, -0.1) is 20.9 Å². The van der Waals surface area contributed by atoms with Gasteiger partial charge in [0, 0.05) is 12.4 Å². The van der Waals surface area contributed by atoms with Gasteiger partial charge in [0.1, 0.15) is 6.04 Å². The van der Waals surface area contributed by atoms with Crippen LogP contribution in [0, 0.1) is 4.91 Å². The van der Waals surface area contributed by atoms with Gasteiger partial charge >= 0.3 is 16.2 Å². The van der Waals surface area contributed by atoms with Crippen molar-refractivity contribution in [2.45, 2.75) is 18.9 Å². The molecular formula is C8H14ClN3O5S. The van der Waals surface area contributed by atoms with Crippen LogP contribution in [0.3, 0.4) is 0 Å². The second kappa shape index (κ2) is 6.30. The van der Waals surface area contributed by atoms with Crippen LogP contribution in [0.5, 0.6) is 0 Å². The van der Waals surface area contributed by atoms with Gasteiger partial charge in [-0.3, -0.25) is 4.79 Å². The Balaban J connectivity index is 2.96. The maximum Gasteiger partial charge on any atom is 0.324 e. The molecule has 0 N–H and O–H groups in total. The van der Waals surface area contributed by atoms with Crippen molar-refractivity contribution in [2.75, 3.05) is 26.1 Å². The minimum Gasteiger partial charge on any atom is -0.468 e. The highest BCUT2D eigenvalue weighted by Crippen LogP contribution is 2.24.